The smallest absolute Gasteiger partial charge is 0.243 e. The molecule has 0 N–H and O–H groups in total. The number of rotatable bonds is 3. The second kappa shape index (κ2) is 7.26. The molecule has 1 saturated heterocycles. The highest BCUT2D eigenvalue weighted by molar-refractivity contribution is 7.89. The van der Waals surface area contributed by atoms with Crippen molar-refractivity contribution in [3.05, 3.63) is 53.4 Å². The summed E-state index contributed by atoms with van der Waals surface area (Å²) in [5.41, 5.74) is 2.23. The maximum atomic E-state index is 13.1. The predicted molar refractivity (Wildman–Crippen MR) is 99.2 cm³/mol. The van der Waals surface area contributed by atoms with Gasteiger partial charge in [0.15, 0.2) is 0 Å². The molecule has 0 aliphatic carbocycles. The fraction of sp³-hybridized carbons (Fsp3) is 0.474. The summed E-state index contributed by atoms with van der Waals surface area (Å²) in [6.45, 7) is 2.65. The van der Waals surface area contributed by atoms with Crippen molar-refractivity contribution in [3.8, 4) is 0 Å². The SMILES string of the molecule is CN1CCc2nc([C@H]3CCCN(S(=O)(=O)c4ccc(F)cc4)C3)ncc2C1. The fourth-order valence-corrected chi connectivity index (χ4v) is 5.32. The van der Waals surface area contributed by atoms with Crippen LogP contribution in [0.4, 0.5) is 4.39 Å². The molecule has 0 saturated carbocycles. The van der Waals surface area contributed by atoms with E-state index in [1.807, 2.05) is 6.20 Å². The minimum atomic E-state index is -3.64. The molecule has 0 amide bonds. The summed E-state index contributed by atoms with van der Waals surface area (Å²) >= 11 is 0. The number of halogens is 1. The second-order valence-corrected chi connectivity index (χ2v) is 9.28. The number of piperidine rings is 1. The summed E-state index contributed by atoms with van der Waals surface area (Å²) in [4.78, 5) is 11.7. The Balaban J connectivity index is 1.55. The zero-order valence-corrected chi connectivity index (χ0v) is 16.1. The molecule has 0 bridgehead atoms. The molecule has 144 valence electrons. The maximum absolute atomic E-state index is 13.1. The van der Waals surface area contributed by atoms with E-state index in [1.165, 1.54) is 28.6 Å². The molecule has 1 atom stereocenters. The first-order valence-corrected chi connectivity index (χ1v) is 10.7. The molecule has 1 aromatic carbocycles. The van der Waals surface area contributed by atoms with E-state index in [-0.39, 0.29) is 10.8 Å². The lowest BCUT2D eigenvalue weighted by Crippen LogP contribution is -2.39. The number of hydrogen-bond acceptors (Lipinski definition) is 5. The first-order valence-electron chi connectivity index (χ1n) is 9.22. The lowest BCUT2D eigenvalue weighted by Gasteiger charge is -2.32. The van der Waals surface area contributed by atoms with Crippen molar-refractivity contribution >= 4 is 10.0 Å². The van der Waals surface area contributed by atoms with Crippen molar-refractivity contribution < 1.29 is 12.8 Å². The molecule has 1 aromatic heterocycles. The Morgan fingerprint density at radius 3 is 2.74 bits per heavy atom. The van der Waals surface area contributed by atoms with Crippen LogP contribution in [-0.2, 0) is 23.0 Å². The molecule has 2 aromatic rings. The van der Waals surface area contributed by atoms with Gasteiger partial charge in [-0.3, -0.25) is 0 Å². The molecule has 3 heterocycles. The number of benzene rings is 1. The van der Waals surface area contributed by atoms with E-state index in [9.17, 15) is 12.8 Å². The van der Waals surface area contributed by atoms with Crippen LogP contribution < -0.4 is 0 Å². The standard InChI is InChI=1S/C19H23FN4O2S/c1-23-10-8-18-15(12-23)11-21-19(22-18)14-3-2-9-24(13-14)27(25,26)17-6-4-16(20)5-7-17/h4-7,11,14H,2-3,8-10,12-13H2,1H3/t14-/m0/s1. The van der Waals surface area contributed by atoms with Crippen molar-refractivity contribution in [2.75, 3.05) is 26.7 Å². The summed E-state index contributed by atoms with van der Waals surface area (Å²) in [6.07, 6.45) is 4.41. The number of likely N-dealkylation sites (N-methyl/N-ethyl adjacent to an activating group) is 1. The van der Waals surface area contributed by atoms with Crippen LogP contribution in [0.25, 0.3) is 0 Å². The third-order valence-electron chi connectivity index (χ3n) is 5.34. The van der Waals surface area contributed by atoms with Crippen LogP contribution in [0.15, 0.2) is 35.4 Å². The Morgan fingerprint density at radius 1 is 1.19 bits per heavy atom. The summed E-state index contributed by atoms with van der Waals surface area (Å²) in [5.74, 6) is 0.273. The van der Waals surface area contributed by atoms with Crippen molar-refractivity contribution in [1.29, 1.82) is 0 Å². The van der Waals surface area contributed by atoms with Gasteiger partial charge in [0.05, 0.1) is 4.90 Å². The first-order chi connectivity index (χ1) is 12.9. The largest absolute Gasteiger partial charge is 0.302 e. The molecule has 0 unspecified atom stereocenters. The van der Waals surface area contributed by atoms with E-state index in [0.29, 0.717) is 13.1 Å². The molecule has 2 aliphatic rings. The zero-order chi connectivity index (χ0) is 19.0. The molecule has 1 fully saturated rings. The zero-order valence-electron chi connectivity index (χ0n) is 15.3. The highest BCUT2D eigenvalue weighted by atomic mass is 32.2. The summed E-state index contributed by atoms with van der Waals surface area (Å²) < 4.78 is 40.4. The number of sulfonamides is 1. The second-order valence-electron chi connectivity index (χ2n) is 7.34. The third-order valence-corrected chi connectivity index (χ3v) is 7.22. The summed E-state index contributed by atoms with van der Waals surface area (Å²) in [7, 11) is -1.56. The van der Waals surface area contributed by atoms with E-state index in [0.717, 1.165) is 49.4 Å². The summed E-state index contributed by atoms with van der Waals surface area (Å²) in [6, 6.07) is 5.00. The number of hydrogen-bond donors (Lipinski definition) is 0. The Kier molecular flexibility index (Phi) is 4.96. The van der Waals surface area contributed by atoms with E-state index in [1.54, 1.807) is 0 Å². The van der Waals surface area contributed by atoms with Gasteiger partial charge >= 0.3 is 0 Å². The van der Waals surface area contributed by atoms with E-state index >= 15 is 0 Å². The minimum Gasteiger partial charge on any atom is -0.302 e. The van der Waals surface area contributed by atoms with E-state index in [2.05, 4.69) is 16.9 Å². The van der Waals surface area contributed by atoms with Gasteiger partial charge in [-0.25, -0.2) is 22.8 Å². The average Bonchev–Trinajstić information content (AvgIpc) is 2.68. The van der Waals surface area contributed by atoms with Gasteiger partial charge in [0, 0.05) is 56.0 Å². The van der Waals surface area contributed by atoms with Crippen LogP contribution in [0.1, 0.15) is 35.8 Å². The van der Waals surface area contributed by atoms with Gasteiger partial charge in [0.1, 0.15) is 11.6 Å². The Bertz CT molecular complexity index is 933. The van der Waals surface area contributed by atoms with Crippen LogP contribution in [0.5, 0.6) is 0 Å². The number of nitrogens with zero attached hydrogens (tertiary/aromatic N) is 4. The average molecular weight is 390 g/mol. The predicted octanol–water partition coefficient (Wildman–Crippen LogP) is 2.17. The Morgan fingerprint density at radius 2 is 1.96 bits per heavy atom. The molecule has 6 nitrogen and oxygen atoms in total. The van der Waals surface area contributed by atoms with Gasteiger partial charge < -0.3 is 4.90 Å². The van der Waals surface area contributed by atoms with Gasteiger partial charge in [0.2, 0.25) is 10.0 Å². The summed E-state index contributed by atoms with van der Waals surface area (Å²) in [5, 5.41) is 0. The quantitative estimate of drug-likeness (QED) is 0.804. The van der Waals surface area contributed by atoms with Crippen molar-refractivity contribution in [2.45, 2.75) is 36.6 Å². The van der Waals surface area contributed by atoms with Crippen molar-refractivity contribution in [1.82, 2.24) is 19.2 Å². The van der Waals surface area contributed by atoms with Gasteiger partial charge in [-0.1, -0.05) is 0 Å². The molecule has 0 spiro atoms. The Labute approximate surface area is 159 Å². The minimum absolute atomic E-state index is 0.0149. The van der Waals surface area contributed by atoms with E-state index < -0.39 is 15.8 Å². The van der Waals surface area contributed by atoms with Gasteiger partial charge in [-0.2, -0.15) is 4.31 Å². The van der Waals surface area contributed by atoms with Gasteiger partial charge in [-0.05, 0) is 44.2 Å². The maximum Gasteiger partial charge on any atom is 0.243 e. The third kappa shape index (κ3) is 3.74. The van der Waals surface area contributed by atoms with Crippen LogP contribution >= 0.6 is 0 Å². The molecular formula is C19H23FN4O2S. The van der Waals surface area contributed by atoms with Crippen molar-refractivity contribution in [3.63, 3.8) is 0 Å². The van der Waals surface area contributed by atoms with Gasteiger partial charge in [-0.15, -0.1) is 0 Å². The van der Waals surface area contributed by atoms with Gasteiger partial charge in [0.25, 0.3) is 0 Å². The van der Waals surface area contributed by atoms with Crippen LogP contribution in [0.3, 0.4) is 0 Å². The Hall–Kier alpha value is -1.90. The van der Waals surface area contributed by atoms with Crippen LogP contribution in [0.2, 0.25) is 0 Å². The molecule has 4 rings (SSSR count). The van der Waals surface area contributed by atoms with Crippen LogP contribution in [0, 0.1) is 5.82 Å². The highest BCUT2D eigenvalue weighted by Gasteiger charge is 2.32. The lowest BCUT2D eigenvalue weighted by atomic mass is 9.98. The lowest BCUT2D eigenvalue weighted by molar-refractivity contribution is 0.299. The van der Waals surface area contributed by atoms with Crippen molar-refractivity contribution in [2.24, 2.45) is 0 Å². The highest BCUT2D eigenvalue weighted by Crippen LogP contribution is 2.29. The van der Waals surface area contributed by atoms with E-state index in [4.69, 9.17) is 4.98 Å². The molecule has 2 aliphatic heterocycles. The fourth-order valence-electron chi connectivity index (χ4n) is 3.80. The topological polar surface area (TPSA) is 66.4 Å². The number of fused-ring (bicyclic) bond motifs is 1. The number of aromatic nitrogens is 2. The molecule has 0 radical (unpaired) electrons. The monoisotopic (exact) mass is 390 g/mol. The molecule has 8 heteroatoms. The van der Waals surface area contributed by atoms with Crippen LogP contribution in [-0.4, -0.2) is 54.3 Å². The molecular weight excluding hydrogens is 367 g/mol. The normalized spacial score (nSPS) is 21.8. The molecule has 27 heavy (non-hydrogen) atoms. The first kappa shape index (κ1) is 18.5.